The minimum absolute atomic E-state index is 0.183. The lowest BCUT2D eigenvalue weighted by molar-refractivity contribution is 0.157. The van der Waals surface area contributed by atoms with E-state index in [0.29, 0.717) is 0 Å². The van der Waals surface area contributed by atoms with E-state index < -0.39 is 0 Å². The van der Waals surface area contributed by atoms with Gasteiger partial charge in [-0.2, -0.15) is 0 Å². The van der Waals surface area contributed by atoms with Gasteiger partial charge in [0.05, 0.1) is 0 Å². The second-order valence-corrected chi connectivity index (χ2v) is 4.92. The molecule has 0 unspecified atom stereocenters. The molecule has 0 aliphatic carbocycles. The first-order valence-electron chi connectivity index (χ1n) is 5.40. The molecule has 0 spiro atoms. The average Bonchev–Trinajstić information content (AvgIpc) is 2.13. The van der Waals surface area contributed by atoms with Crippen LogP contribution in [0.25, 0.3) is 6.08 Å². The van der Waals surface area contributed by atoms with Crippen LogP contribution in [0.2, 0.25) is 0 Å². The minimum atomic E-state index is -0.183. The van der Waals surface area contributed by atoms with Crippen LogP contribution in [-0.4, -0.2) is 5.60 Å². The van der Waals surface area contributed by atoms with Crippen molar-refractivity contribution in [3.05, 3.63) is 34.4 Å². The predicted molar refractivity (Wildman–Crippen MR) is 64.4 cm³/mol. The van der Waals surface area contributed by atoms with Crippen molar-refractivity contribution in [2.24, 2.45) is 0 Å². The van der Waals surface area contributed by atoms with E-state index in [4.69, 9.17) is 4.74 Å². The van der Waals surface area contributed by atoms with Gasteiger partial charge in [0.15, 0.2) is 0 Å². The molecule has 0 radical (unpaired) electrons. The Balaban J connectivity index is 2.66. The molecule has 1 aromatic rings. The first-order valence-corrected chi connectivity index (χ1v) is 5.40. The van der Waals surface area contributed by atoms with Gasteiger partial charge in [0, 0.05) is 5.56 Å². The summed E-state index contributed by atoms with van der Waals surface area (Å²) in [6, 6.07) is 2.22. The number of hydrogen-bond donors (Lipinski definition) is 0. The topological polar surface area (TPSA) is 9.23 Å². The average molecular weight is 202 g/mol. The standard InChI is InChI=1S/C14H18O/c1-9-8-10(2)12-6-7-14(4,5)15-13(12)11(9)3/h6-8H,1-5H3. The molecular weight excluding hydrogens is 184 g/mol. The van der Waals surface area contributed by atoms with Gasteiger partial charge in [0.25, 0.3) is 0 Å². The molecule has 1 nitrogen and oxygen atoms in total. The zero-order valence-electron chi connectivity index (χ0n) is 10.1. The molecular formula is C14H18O. The molecule has 15 heavy (non-hydrogen) atoms. The molecule has 1 aromatic carbocycles. The maximum Gasteiger partial charge on any atom is 0.131 e. The molecule has 0 aromatic heterocycles. The van der Waals surface area contributed by atoms with E-state index in [1.165, 1.54) is 22.3 Å². The summed E-state index contributed by atoms with van der Waals surface area (Å²) in [5, 5.41) is 0. The Morgan fingerprint density at radius 3 is 2.40 bits per heavy atom. The third-order valence-electron chi connectivity index (χ3n) is 3.05. The van der Waals surface area contributed by atoms with Gasteiger partial charge in [-0.3, -0.25) is 0 Å². The Hall–Kier alpha value is -1.24. The molecule has 0 saturated heterocycles. The van der Waals surface area contributed by atoms with Crippen LogP contribution in [0.1, 0.15) is 36.1 Å². The maximum absolute atomic E-state index is 6.02. The second kappa shape index (κ2) is 3.13. The highest BCUT2D eigenvalue weighted by molar-refractivity contribution is 5.67. The van der Waals surface area contributed by atoms with E-state index in [1.807, 2.05) is 0 Å². The smallest absolute Gasteiger partial charge is 0.131 e. The SMILES string of the molecule is Cc1cc(C)c2c(c1C)OC(C)(C)C=C2. The number of fused-ring (bicyclic) bond motifs is 1. The van der Waals surface area contributed by atoms with Crippen molar-refractivity contribution >= 4 is 6.08 Å². The summed E-state index contributed by atoms with van der Waals surface area (Å²) in [5.41, 5.74) is 4.90. The van der Waals surface area contributed by atoms with Crippen LogP contribution in [0.4, 0.5) is 0 Å². The van der Waals surface area contributed by atoms with Crippen molar-refractivity contribution < 1.29 is 4.74 Å². The highest BCUT2D eigenvalue weighted by Gasteiger charge is 2.24. The maximum atomic E-state index is 6.02. The van der Waals surface area contributed by atoms with Crippen molar-refractivity contribution in [3.8, 4) is 5.75 Å². The highest BCUT2D eigenvalue weighted by Crippen LogP contribution is 2.37. The largest absolute Gasteiger partial charge is 0.483 e. The van der Waals surface area contributed by atoms with Gasteiger partial charge in [-0.05, 0) is 57.4 Å². The Kier molecular flexibility index (Phi) is 2.14. The van der Waals surface area contributed by atoms with Gasteiger partial charge >= 0.3 is 0 Å². The fourth-order valence-electron chi connectivity index (χ4n) is 1.99. The molecule has 0 fully saturated rings. The lowest BCUT2D eigenvalue weighted by Crippen LogP contribution is -2.28. The lowest BCUT2D eigenvalue weighted by atomic mass is 9.94. The molecule has 1 aliphatic rings. The van der Waals surface area contributed by atoms with Gasteiger partial charge in [-0.1, -0.05) is 12.1 Å². The Morgan fingerprint density at radius 1 is 1.07 bits per heavy atom. The molecule has 2 rings (SSSR count). The molecule has 80 valence electrons. The quantitative estimate of drug-likeness (QED) is 0.622. The molecule has 0 atom stereocenters. The Bertz CT molecular complexity index is 439. The Labute approximate surface area is 91.8 Å². The Morgan fingerprint density at radius 2 is 1.73 bits per heavy atom. The third kappa shape index (κ3) is 1.67. The first kappa shape index (κ1) is 10.3. The number of ether oxygens (including phenoxy) is 1. The number of benzene rings is 1. The van der Waals surface area contributed by atoms with Gasteiger partial charge in [0.1, 0.15) is 11.4 Å². The zero-order chi connectivity index (χ0) is 11.2. The van der Waals surface area contributed by atoms with E-state index in [0.717, 1.165) is 5.75 Å². The summed E-state index contributed by atoms with van der Waals surface area (Å²) in [7, 11) is 0. The van der Waals surface area contributed by atoms with E-state index in [1.54, 1.807) is 0 Å². The second-order valence-electron chi connectivity index (χ2n) is 4.92. The molecule has 0 N–H and O–H groups in total. The van der Waals surface area contributed by atoms with Crippen molar-refractivity contribution in [2.75, 3.05) is 0 Å². The number of rotatable bonds is 0. The summed E-state index contributed by atoms with van der Waals surface area (Å²) < 4.78 is 6.02. The molecule has 0 saturated carbocycles. The fourth-order valence-corrected chi connectivity index (χ4v) is 1.99. The number of hydrogen-bond acceptors (Lipinski definition) is 1. The van der Waals surface area contributed by atoms with Crippen molar-refractivity contribution in [1.29, 1.82) is 0 Å². The van der Waals surface area contributed by atoms with Crippen LogP contribution >= 0.6 is 0 Å². The number of aryl methyl sites for hydroxylation is 2. The van der Waals surface area contributed by atoms with E-state index in [-0.39, 0.29) is 5.60 Å². The van der Waals surface area contributed by atoms with Gasteiger partial charge in [0.2, 0.25) is 0 Å². The molecule has 1 heteroatoms. The summed E-state index contributed by atoms with van der Waals surface area (Å²) >= 11 is 0. The van der Waals surface area contributed by atoms with E-state index >= 15 is 0 Å². The summed E-state index contributed by atoms with van der Waals surface area (Å²) in [6.45, 7) is 10.6. The zero-order valence-corrected chi connectivity index (χ0v) is 10.1. The fraction of sp³-hybridized carbons (Fsp3) is 0.429. The van der Waals surface area contributed by atoms with Crippen LogP contribution in [0.5, 0.6) is 5.75 Å². The molecule has 0 bridgehead atoms. The van der Waals surface area contributed by atoms with Crippen LogP contribution in [-0.2, 0) is 0 Å². The van der Waals surface area contributed by atoms with E-state index in [2.05, 4.69) is 52.8 Å². The minimum Gasteiger partial charge on any atom is -0.483 e. The van der Waals surface area contributed by atoms with Crippen molar-refractivity contribution in [2.45, 2.75) is 40.2 Å². The third-order valence-corrected chi connectivity index (χ3v) is 3.05. The van der Waals surface area contributed by atoms with Crippen molar-refractivity contribution in [3.63, 3.8) is 0 Å². The lowest BCUT2D eigenvalue weighted by Gasteiger charge is -2.30. The van der Waals surface area contributed by atoms with Crippen LogP contribution in [0.3, 0.4) is 0 Å². The van der Waals surface area contributed by atoms with E-state index in [9.17, 15) is 0 Å². The summed E-state index contributed by atoms with van der Waals surface area (Å²) in [6.07, 6.45) is 4.30. The molecule has 0 amide bonds. The van der Waals surface area contributed by atoms with Crippen LogP contribution < -0.4 is 4.74 Å². The van der Waals surface area contributed by atoms with Crippen LogP contribution in [0, 0.1) is 20.8 Å². The predicted octanol–water partition coefficient (Wildman–Crippen LogP) is 3.80. The highest BCUT2D eigenvalue weighted by atomic mass is 16.5. The normalized spacial score (nSPS) is 17.1. The van der Waals surface area contributed by atoms with Crippen LogP contribution in [0.15, 0.2) is 12.1 Å². The van der Waals surface area contributed by atoms with Gasteiger partial charge in [-0.25, -0.2) is 0 Å². The summed E-state index contributed by atoms with van der Waals surface area (Å²) in [5.74, 6) is 1.06. The van der Waals surface area contributed by atoms with Gasteiger partial charge in [-0.15, -0.1) is 0 Å². The monoisotopic (exact) mass is 202 g/mol. The van der Waals surface area contributed by atoms with Gasteiger partial charge < -0.3 is 4.74 Å². The molecule has 1 aliphatic heterocycles. The summed E-state index contributed by atoms with van der Waals surface area (Å²) in [4.78, 5) is 0. The molecule has 1 heterocycles. The van der Waals surface area contributed by atoms with Crippen molar-refractivity contribution in [1.82, 2.24) is 0 Å². The first-order chi connectivity index (χ1) is 6.91.